The van der Waals surface area contributed by atoms with Crippen molar-refractivity contribution in [3.05, 3.63) is 12.2 Å². The van der Waals surface area contributed by atoms with Crippen LogP contribution in [-0.4, -0.2) is 17.7 Å². The molecule has 1 unspecified atom stereocenters. The summed E-state index contributed by atoms with van der Waals surface area (Å²) in [5.41, 5.74) is 0. The molecular weight excluding hydrogens is 284 g/mol. The highest BCUT2D eigenvalue weighted by molar-refractivity contribution is 7.87. The fourth-order valence-electron chi connectivity index (χ4n) is 3.59. The van der Waals surface area contributed by atoms with Crippen molar-refractivity contribution in [2.24, 2.45) is 5.92 Å². The van der Waals surface area contributed by atoms with E-state index in [2.05, 4.69) is 6.92 Å². The second-order valence-corrected chi connectivity index (χ2v) is 8.10. The Balaban J connectivity index is 2.99. The van der Waals surface area contributed by atoms with Gasteiger partial charge >= 0.3 is 0 Å². The zero-order chi connectivity index (χ0) is 15.8. The Morgan fingerprint density at radius 3 is 2.29 bits per heavy atom. The minimum atomic E-state index is -4.07. The van der Waals surface area contributed by atoms with Gasteiger partial charge in [0.1, 0.15) is 4.75 Å². The van der Waals surface area contributed by atoms with Gasteiger partial charge in [-0.1, -0.05) is 70.9 Å². The third kappa shape index (κ3) is 5.10. The maximum atomic E-state index is 12.2. The van der Waals surface area contributed by atoms with Crippen LogP contribution in [0.4, 0.5) is 0 Å². The van der Waals surface area contributed by atoms with Crippen LogP contribution in [0.1, 0.15) is 84.5 Å². The molecule has 124 valence electrons. The van der Waals surface area contributed by atoms with Gasteiger partial charge in [-0.05, 0) is 31.6 Å². The lowest BCUT2D eigenvalue weighted by molar-refractivity contribution is 0.270. The molecule has 0 amide bonds. The van der Waals surface area contributed by atoms with Gasteiger partial charge in [0.2, 0.25) is 0 Å². The largest absolute Gasteiger partial charge is 0.285 e. The SMILES string of the molecule is CC/C=C/C(CCCCCC)(C1CCCCC1)S(=O)(=O)O. The van der Waals surface area contributed by atoms with Crippen molar-refractivity contribution >= 4 is 10.1 Å². The fraction of sp³-hybridized carbons (Fsp3) is 0.882. The van der Waals surface area contributed by atoms with Crippen molar-refractivity contribution in [1.29, 1.82) is 0 Å². The van der Waals surface area contributed by atoms with E-state index in [-0.39, 0.29) is 5.92 Å². The van der Waals surface area contributed by atoms with E-state index in [1.54, 1.807) is 0 Å². The van der Waals surface area contributed by atoms with E-state index >= 15 is 0 Å². The summed E-state index contributed by atoms with van der Waals surface area (Å²) < 4.78 is 33.4. The maximum Gasteiger partial charge on any atom is 0.274 e. The molecule has 0 aromatic carbocycles. The Bertz CT molecular complexity index is 408. The van der Waals surface area contributed by atoms with E-state index in [0.717, 1.165) is 57.8 Å². The first-order chi connectivity index (χ1) is 9.98. The Labute approximate surface area is 131 Å². The van der Waals surface area contributed by atoms with Gasteiger partial charge in [-0.2, -0.15) is 8.42 Å². The molecule has 0 aromatic rings. The van der Waals surface area contributed by atoms with Gasteiger partial charge < -0.3 is 0 Å². The summed E-state index contributed by atoms with van der Waals surface area (Å²) in [5.74, 6) is 0.0747. The molecule has 1 N–H and O–H groups in total. The molecule has 0 bridgehead atoms. The van der Waals surface area contributed by atoms with Crippen molar-refractivity contribution in [2.45, 2.75) is 89.2 Å². The lowest BCUT2D eigenvalue weighted by Gasteiger charge is -2.38. The summed E-state index contributed by atoms with van der Waals surface area (Å²) in [5, 5.41) is 0. The Morgan fingerprint density at radius 2 is 1.76 bits per heavy atom. The minimum absolute atomic E-state index is 0.0747. The van der Waals surface area contributed by atoms with Crippen LogP contribution in [-0.2, 0) is 10.1 Å². The Morgan fingerprint density at radius 1 is 1.10 bits per heavy atom. The first kappa shape index (κ1) is 18.7. The number of allylic oxidation sites excluding steroid dienone is 1. The molecule has 0 aliphatic heterocycles. The van der Waals surface area contributed by atoms with Gasteiger partial charge in [-0.15, -0.1) is 0 Å². The summed E-state index contributed by atoms with van der Waals surface area (Å²) in [6, 6.07) is 0. The molecule has 0 saturated heterocycles. The molecule has 1 saturated carbocycles. The summed E-state index contributed by atoms with van der Waals surface area (Å²) in [7, 11) is -4.07. The van der Waals surface area contributed by atoms with E-state index in [9.17, 15) is 13.0 Å². The quantitative estimate of drug-likeness (QED) is 0.364. The Kier molecular flexibility index (Phi) is 7.96. The van der Waals surface area contributed by atoms with Gasteiger partial charge in [0.05, 0.1) is 0 Å². The molecule has 0 spiro atoms. The summed E-state index contributed by atoms with van der Waals surface area (Å²) in [6.45, 7) is 4.15. The average molecular weight is 317 g/mol. The van der Waals surface area contributed by atoms with Crippen molar-refractivity contribution < 1.29 is 13.0 Å². The molecule has 1 rings (SSSR count). The maximum absolute atomic E-state index is 12.2. The smallest absolute Gasteiger partial charge is 0.274 e. The first-order valence-electron chi connectivity index (χ1n) is 8.62. The monoisotopic (exact) mass is 316 g/mol. The van der Waals surface area contributed by atoms with E-state index < -0.39 is 14.9 Å². The minimum Gasteiger partial charge on any atom is -0.285 e. The first-order valence-corrected chi connectivity index (χ1v) is 10.1. The molecule has 3 nitrogen and oxygen atoms in total. The lowest BCUT2D eigenvalue weighted by Crippen LogP contribution is -2.44. The highest BCUT2D eigenvalue weighted by Crippen LogP contribution is 2.42. The van der Waals surface area contributed by atoms with Crippen LogP contribution in [0.2, 0.25) is 0 Å². The van der Waals surface area contributed by atoms with Gasteiger partial charge in [-0.25, -0.2) is 0 Å². The van der Waals surface area contributed by atoms with Crippen LogP contribution in [0.3, 0.4) is 0 Å². The van der Waals surface area contributed by atoms with Gasteiger partial charge in [0.25, 0.3) is 10.1 Å². The van der Waals surface area contributed by atoms with Crippen molar-refractivity contribution in [3.8, 4) is 0 Å². The number of unbranched alkanes of at least 4 members (excludes halogenated alkanes) is 3. The van der Waals surface area contributed by atoms with Gasteiger partial charge in [0, 0.05) is 0 Å². The van der Waals surface area contributed by atoms with E-state index in [4.69, 9.17) is 0 Å². The van der Waals surface area contributed by atoms with Crippen LogP contribution in [0.25, 0.3) is 0 Å². The molecule has 1 aliphatic rings. The molecule has 0 radical (unpaired) electrons. The zero-order valence-electron chi connectivity index (χ0n) is 13.7. The van der Waals surface area contributed by atoms with Crippen LogP contribution in [0.15, 0.2) is 12.2 Å². The lowest BCUT2D eigenvalue weighted by atomic mass is 9.76. The van der Waals surface area contributed by atoms with Crippen LogP contribution in [0, 0.1) is 5.92 Å². The fourth-order valence-corrected chi connectivity index (χ4v) is 4.91. The molecule has 21 heavy (non-hydrogen) atoms. The molecular formula is C17H32O3S. The summed E-state index contributed by atoms with van der Waals surface area (Å²) in [6.07, 6.45) is 14.5. The predicted molar refractivity (Wildman–Crippen MR) is 89.0 cm³/mol. The molecule has 0 aromatic heterocycles. The Hall–Kier alpha value is -0.350. The van der Waals surface area contributed by atoms with Gasteiger partial charge in [0.15, 0.2) is 0 Å². The molecule has 4 heteroatoms. The zero-order valence-corrected chi connectivity index (χ0v) is 14.5. The number of hydrogen-bond acceptors (Lipinski definition) is 2. The van der Waals surface area contributed by atoms with Crippen molar-refractivity contribution in [1.82, 2.24) is 0 Å². The highest BCUT2D eigenvalue weighted by atomic mass is 32.2. The molecule has 1 atom stereocenters. The normalized spacial score (nSPS) is 20.7. The van der Waals surface area contributed by atoms with E-state index in [0.29, 0.717) is 6.42 Å². The number of rotatable bonds is 9. The second kappa shape index (κ2) is 8.94. The predicted octanol–water partition coefficient (Wildman–Crippen LogP) is 5.13. The molecule has 1 fully saturated rings. The molecule has 1 aliphatic carbocycles. The summed E-state index contributed by atoms with van der Waals surface area (Å²) in [4.78, 5) is 0. The van der Waals surface area contributed by atoms with Crippen molar-refractivity contribution in [3.63, 3.8) is 0 Å². The van der Waals surface area contributed by atoms with Crippen LogP contribution in [0.5, 0.6) is 0 Å². The van der Waals surface area contributed by atoms with E-state index in [1.807, 2.05) is 19.1 Å². The van der Waals surface area contributed by atoms with Crippen LogP contribution >= 0.6 is 0 Å². The number of hydrogen-bond donors (Lipinski definition) is 1. The third-order valence-electron chi connectivity index (χ3n) is 4.83. The highest BCUT2D eigenvalue weighted by Gasteiger charge is 2.46. The second-order valence-electron chi connectivity index (χ2n) is 6.39. The standard InChI is InChI=1S/C17H32O3S/c1-3-5-7-11-15-17(14-6-4-2,21(18,19)20)16-12-9-8-10-13-16/h6,14,16H,3-5,7-13,15H2,1-2H3,(H,18,19,20)/b14-6+. The molecule has 0 heterocycles. The average Bonchev–Trinajstić information content (AvgIpc) is 2.46. The van der Waals surface area contributed by atoms with Crippen LogP contribution < -0.4 is 0 Å². The summed E-state index contributed by atoms with van der Waals surface area (Å²) >= 11 is 0. The van der Waals surface area contributed by atoms with Gasteiger partial charge in [-0.3, -0.25) is 4.55 Å². The van der Waals surface area contributed by atoms with Crippen molar-refractivity contribution in [2.75, 3.05) is 0 Å². The third-order valence-corrected chi connectivity index (χ3v) is 6.47. The topological polar surface area (TPSA) is 54.4 Å². The van der Waals surface area contributed by atoms with E-state index in [1.165, 1.54) is 6.42 Å².